The number of fused-ring (bicyclic) bond motifs is 1. The molecule has 120 valence electrons. The van der Waals surface area contributed by atoms with Gasteiger partial charge in [0.15, 0.2) is 0 Å². The van der Waals surface area contributed by atoms with E-state index in [1.807, 2.05) is 30.6 Å². The van der Waals surface area contributed by atoms with Crippen LogP contribution in [0.25, 0.3) is 22.4 Å². The van der Waals surface area contributed by atoms with Crippen LogP contribution in [0.2, 0.25) is 0 Å². The molecule has 2 heterocycles. The summed E-state index contributed by atoms with van der Waals surface area (Å²) in [4.78, 5) is 8.95. The Bertz CT molecular complexity index is 999. The fraction of sp³-hybridized carbons (Fsp3) is 0.211. The molecule has 2 aromatic carbocycles. The minimum atomic E-state index is 0.615. The molecule has 0 radical (unpaired) electrons. The average molecular weight is 318 g/mol. The Morgan fingerprint density at radius 3 is 2.83 bits per heavy atom. The van der Waals surface area contributed by atoms with Crippen molar-refractivity contribution >= 4 is 11.0 Å². The van der Waals surface area contributed by atoms with Crippen LogP contribution in [0.1, 0.15) is 23.9 Å². The monoisotopic (exact) mass is 318 g/mol. The molecule has 0 N–H and O–H groups in total. The van der Waals surface area contributed by atoms with Gasteiger partial charge in [-0.2, -0.15) is 4.98 Å². The van der Waals surface area contributed by atoms with E-state index in [2.05, 4.69) is 51.7 Å². The predicted octanol–water partition coefficient (Wildman–Crippen LogP) is 4.01. The summed E-state index contributed by atoms with van der Waals surface area (Å²) in [7, 11) is 0. The minimum absolute atomic E-state index is 0.615. The fourth-order valence-electron chi connectivity index (χ4n) is 2.86. The molecule has 0 aliphatic heterocycles. The Morgan fingerprint density at radius 1 is 1.12 bits per heavy atom. The van der Waals surface area contributed by atoms with E-state index >= 15 is 0 Å². The third-order valence-corrected chi connectivity index (χ3v) is 4.29. The van der Waals surface area contributed by atoms with Crippen molar-refractivity contribution in [1.29, 1.82) is 0 Å². The number of aromatic nitrogens is 4. The van der Waals surface area contributed by atoms with E-state index in [1.54, 1.807) is 0 Å². The lowest BCUT2D eigenvalue weighted by Gasteiger charge is -2.01. The van der Waals surface area contributed by atoms with Crippen LogP contribution < -0.4 is 0 Å². The highest BCUT2D eigenvalue weighted by Crippen LogP contribution is 2.23. The first-order valence-corrected chi connectivity index (χ1v) is 8.07. The van der Waals surface area contributed by atoms with Crippen LogP contribution in [-0.2, 0) is 13.0 Å². The molecule has 24 heavy (non-hydrogen) atoms. The number of hydrogen-bond acceptors (Lipinski definition) is 4. The first-order valence-electron chi connectivity index (χ1n) is 8.07. The van der Waals surface area contributed by atoms with Crippen LogP contribution in [0.5, 0.6) is 0 Å². The zero-order valence-corrected chi connectivity index (χ0v) is 13.7. The topological polar surface area (TPSA) is 56.7 Å². The maximum absolute atomic E-state index is 5.44. The highest BCUT2D eigenvalue weighted by atomic mass is 16.5. The van der Waals surface area contributed by atoms with Crippen LogP contribution in [0.3, 0.4) is 0 Å². The molecule has 0 saturated heterocycles. The van der Waals surface area contributed by atoms with E-state index in [-0.39, 0.29) is 0 Å². The van der Waals surface area contributed by atoms with Crippen LogP contribution in [0.15, 0.2) is 53.3 Å². The van der Waals surface area contributed by atoms with Crippen molar-refractivity contribution < 1.29 is 4.52 Å². The summed E-state index contributed by atoms with van der Waals surface area (Å²) < 4.78 is 7.55. The molecule has 0 saturated carbocycles. The van der Waals surface area contributed by atoms with Crippen molar-refractivity contribution in [2.45, 2.75) is 26.8 Å². The zero-order chi connectivity index (χ0) is 16.5. The largest absolute Gasteiger partial charge is 0.339 e. The van der Waals surface area contributed by atoms with Gasteiger partial charge in [-0.1, -0.05) is 29.4 Å². The van der Waals surface area contributed by atoms with E-state index in [1.165, 1.54) is 11.1 Å². The van der Waals surface area contributed by atoms with Gasteiger partial charge in [-0.3, -0.25) is 0 Å². The van der Waals surface area contributed by atoms with Crippen LogP contribution in [-0.4, -0.2) is 19.7 Å². The number of nitrogens with zero attached hydrogens (tertiary/aromatic N) is 4. The van der Waals surface area contributed by atoms with Crippen LogP contribution in [0.4, 0.5) is 0 Å². The molecule has 2 aromatic heterocycles. The highest BCUT2D eigenvalue weighted by molar-refractivity contribution is 5.80. The normalized spacial score (nSPS) is 11.2. The molecule has 0 bridgehead atoms. The van der Waals surface area contributed by atoms with Gasteiger partial charge in [0.05, 0.1) is 23.8 Å². The van der Waals surface area contributed by atoms with Gasteiger partial charge < -0.3 is 9.09 Å². The second-order valence-corrected chi connectivity index (χ2v) is 5.85. The van der Waals surface area contributed by atoms with Crippen molar-refractivity contribution in [1.82, 2.24) is 19.7 Å². The lowest BCUT2D eigenvalue weighted by atomic mass is 10.1. The Labute approximate surface area is 140 Å². The molecule has 4 aromatic rings. The summed E-state index contributed by atoms with van der Waals surface area (Å²) in [5.41, 5.74) is 5.43. The van der Waals surface area contributed by atoms with Gasteiger partial charge in [-0.25, -0.2) is 4.98 Å². The lowest BCUT2D eigenvalue weighted by molar-refractivity contribution is 0.385. The van der Waals surface area contributed by atoms with Gasteiger partial charge in [0.25, 0.3) is 0 Å². The molecule has 0 spiro atoms. The third-order valence-electron chi connectivity index (χ3n) is 4.29. The van der Waals surface area contributed by atoms with Gasteiger partial charge in [0, 0.05) is 12.1 Å². The third kappa shape index (κ3) is 2.58. The van der Waals surface area contributed by atoms with Crippen molar-refractivity contribution in [2.24, 2.45) is 0 Å². The minimum Gasteiger partial charge on any atom is -0.339 e. The van der Waals surface area contributed by atoms with Crippen LogP contribution in [0, 0.1) is 6.92 Å². The van der Waals surface area contributed by atoms with Gasteiger partial charge in [0.2, 0.25) is 11.7 Å². The average Bonchev–Trinajstić information content (AvgIpc) is 3.23. The SMILES string of the molecule is CCn1cnc2ccc(-c3noc(Cc4ccccc4C)n3)cc21. The second-order valence-electron chi connectivity index (χ2n) is 5.85. The standard InChI is InChI=1S/C19H18N4O/c1-3-23-12-20-16-9-8-15(10-17(16)23)19-21-18(24-22-19)11-14-7-5-4-6-13(14)2/h4-10,12H,3,11H2,1-2H3. The second kappa shape index (κ2) is 5.92. The van der Waals surface area contributed by atoms with Gasteiger partial charge in [0.1, 0.15) is 0 Å². The fourth-order valence-corrected chi connectivity index (χ4v) is 2.86. The summed E-state index contributed by atoms with van der Waals surface area (Å²) >= 11 is 0. The van der Waals surface area contributed by atoms with Gasteiger partial charge in [-0.05, 0) is 43.2 Å². The number of hydrogen-bond donors (Lipinski definition) is 0. The van der Waals surface area contributed by atoms with E-state index < -0.39 is 0 Å². The quantitative estimate of drug-likeness (QED) is 0.570. The molecule has 0 unspecified atom stereocenters. The molecule has 0 fully saturated rings. The summed E-state index contributed by atoms with van der Waals surface area (Å²) in [6.45, 7) is 5.07. The molecule has 0 aliphatic carbocycles. The van der Waals surface area contributed by atoms with Crippen molar-refractivity contribution in [3.8, 4) is 11.4 Å². The first-order chi connectivity index (χ1) is 11.7. The Morgan fingerprint density at radius 2 is 2.00 bits per heavy atom. The van der Waals surface area contributed by atoms with E-state index in [0.29, 0.717) is 18.1 Å². The van der Waals surface area contributed by atoms with Crippen LogP contribution >= 0.6 is 0 Å². The lowest BCUT2D eigenvalue weighted by Crippen LogP contribution is -1.92. The molecular weight excluding hydrogens is 300 g/mol. The number of imidazole rings is 1. The molecular formula is C19H18N4O. The molecule has 0 amide bonds. The van der Waals surface area contributed by atoms with Gasteiger partial charge >= 0.3 is 0 Å². The molecule has 4 rings (SSSR count). The zero-order valence-electron chi connectivity index (χ0n) is 13.7. The Kier molecular flexibility index (Phi) is 3.61. The van der Waals surface area contributed by atoms with E-state index in [4.69, 9.17) is 4.52 Å². The molecule has 5 nitrogen and oxygen atoms in total. The summed E-state index contributed by atoms with van der Waals surface area (Å²) in [6.07, 6.45) is 2.50. The van der Waals surface area contributed by atoms with Crippen molar-refractivity contribution in [3.63, 3.8) is 0 Å². The van der Waals surface area contributed by atoms with E-state index in [9.17, 15) is 0 Å². The van der Waals surface area contributed by atoms with Crippen molar-refractivity contribution in [2.75, 3.05) is 0 Å². The summed E-state index contributed by atoms with van der Waals surface area (Å²) in [5, 5.41) is 4.14. The van der Waals surface area contributed by atoms with E-state index in [0.717, 1.165) is 23.1 Å². The smallest absolute Gasteiger partial charge is 0.231 e. The van der Waals surface area contributed by atoms with Gasteiger partial charge in [-0.15, -0.1) is 0 Å². The Balaban J connectivity index is 1.66. The number of aryl methyl sites for hydroxylation is 2. The molecule has 0 aliphatic rings. The summed E-state index contributed by atoms with van der Waals surface area (Å²) in [6, 6.07) is 14.3. The summed E-state index contributed by atoms with van der Waals surface area (Å²) in [5.74, 6) is 1.24. The highest BCUT2D eigenvalue weighted by Gasteiger charge is 2.12. The number of benzene rings is 2. The predicted molar refractivity (Wildman–Crippen MR) is 92.7 cm³/mol. The maximum atomic E-state index is 5.44. The Hall–Kier alpha value is -2.95. The van der Waals surface area contributed by atoms with Crippen molar-refractivity contribution in [3.05, 3.63) is 65.8 Å². The maximum Gasteiger partial charge on any atom is 0.231 e. The number of rotatable bonds is 4. The molecule has 0 atom stereocenters. The first kappa shape index (κ1) is 14.6. The molecule has 5 heteroatoms.